The molecule has 27 heavy (non-hydrogen) atoms. The van der Waals surface area contributed by atoms with Crippen molar-refractivity contribution in [2.75, 3.05) is 0 Å². The quantitative estimate of drug-likeness (QED) is 0.249. The maximum atomic E-state index is 1.68. The van der Waals surface area contributed by atoms with E-state index in [4.69, 9.17) is 0 Å². The maximum absolute atomic E-state index is 1.68. The van der Waals surface area contributed by atoms with Gasteiger partial charge in [-0.3, -0.25) is 0 Å². The van der Waals surface area contributed by atoms with Crippen LogP contribution in [0.15, 0.2) is 0 Å². The van der Waals surface area contributed by atoms with E-state index in [1.807, 2.05) is 0 Å². The molecule has 0 N–H and O–H groups in total. The average molecular weight is 507 g/mol. The molecule has 4 fully saturated rings. The molecule has 4 aliphatic rings. The van der Waals surface area contributed by atoms with Gasteiger partial charge in [-0.2, -0.15) is 0 Å². The molecule has 0 aromatic rings. The fourth-order valence-electron chi connectivity index (χ4n) is 6.90. The summed E-state index contributed by atoms with van der Waals surface area (Å²) in [7, 11) is 0. The SMILES string of the molecule is C1CCC([P]([Cd][P](C2CCCCC2)C2CCCCC2)C2CCCCC2)CC1. The molecule has 0 aromatic carbocycles. The van der Waals surface area contributed by atoms with Crippen LogP contribution in [-0.2, 0) is 23.0 Å². The Bertz CT molecular complexity index is 331. The topological polar surface area (TPSA) is 0 Å². The van der Waals surface area contributed by atoms with Crippen LogP contribution >= 0.6 is 10.1 Å². The molecule has 0 nitrogen and oxygen atoms in total. The minimum atomic E-state index is -0.628. The van der Waals surface area contributed by atoms with Gasteiger partial charge in [0.05, 0.1) is 0 Å². The summed E-state index contributed by atoms with van der Waals surface area (Å²) in [5, 5.41) is 1.11. The Hall–Kier alpha value is 1.78. The molecule has 4 saturated carbocycles. The molecule has 0 bridgehead atoms. The van der Waals surface area contributed by atoms with Crippen LogP contribution in [0, 0.1) is 0 Å². The van der Waals surface area contributed by atoms with Crippen LogP contribution in [0.4, 0.5) is 0 Å². The Morgan fingerprint density at radius 2 is 0.556 bits per heavy atom. The van der Waals surface area contributed by atoms with E-state index in [2.05, 4.69) is 0 Å². The normalized spacial score (nSPS) is 27.9. The Kier molecular flexibility index (Phi) is 9.76. The van der Waals surface area contributed by atoms with Crippen molar-refractivity contribution >= 4 is 10.1 Å². The zero-order valence-corrected chi connectivity index (χ0v) is 23.9. The van der Waals surface area contributed by atoms with Crippen molar-refractivity contribution in [2.45, 2.75) is 151 Å². The van der Waals surface area contributed by atoms with E-state index < -0.39 is 23.0 Å². The van der Waals surface area contributed by atoms with Gasteiger partial charge in [-0.25, -0.2) is 0 Å². The van der Waals surface area contributed by atoms with Gasteiger partial charge in [0.15, 0.2) is 0 Å². The first-order valence-corrected chi connectivity index (χ1v) is 27.1. The van der Waals surface area contributed by atoms with E-state index in [1.54, 1.807) is 128 Å². The van der Waals surface area contributed by atoms with Crippen LogP contribution in [0.5, 0.6) is 0 Å². The summed E-state index contributed by atoms with van der Waals surface area (Å²) in [5.74, 6) is 0. The van der Waals surface area contributed by atoms with Gasteiger partial charge in [0, 0.05) is 0 Å². The summed E-state index contributed by atoms with van der Waals surface area (Å²) in [6.45, 7) is 0. The molecule has 0 heterocycles. The van der Waals surface area contributed by atoms with Crippen molar-refractivity contribution in [1.82, 2.24) is 0 Å². The predicted octanol–water partition coefficient (Wildman–Crippen LogP) is 9.19. The van der Waals surface area contributed by atoms with E-state index in [-0.39, 0.29) is 0 Å². The van der Waals surface area contributed by atoms with Gasteiger partial charge >= 0.3 is 184 Å². The molecule has 3 heteroatoms. The van der Waals surface area contributed by atoms with Crippen molar-refractivity contribution in [1.29, 1.82) is 0 Å². The third-order valence-corrected chi connectivity index (χ3v) is 51.4. The number of hydrogen-bond donors (Lipinski definition) is 0. The van der Waals surface area contributed by atoms with E-state index in [0.717, 1.165) is 0 Å². The molecule has 0 aromatic heterocycles. The van der Waals surface area contributed by atoms with Crippen LogP contribution in [0.25, 0.3) is 0 Å². The van der Waals surface area contributed by atoms with Crippen molar-refractivity contribution in [3.05, 3.63) is 0 Å². The molecule has 0 atom stereocenters. The molecular weight excluding hydrogens is 463 g/mol. The van der Waals surface area contributed by atoms with Gasteiger partial charge in [-0.05, 0) is 0 Å². The Balaban J connectivity index is 1.49. The first-order valence-electron chi connectivity index (χ1n) is 12.9. The number of hydrogen-bond acceptors (Lipinski definition) is 0. The molecule has 4 rings (SSSR count). The standard InChI is InChI=1S/2C12H22P.Cd/c2*1-3-7-11(8-4-1)13-12-9-5-2-6-10-12;/h2*11-12H,1-10H2;/q2*-1;+2. The third kappa shape index (κ3) is 6.38. The summed E-state index contributed by atoms with van der Waals surface area (Å²) in [5.41, 5.74) is 5.13. The Labute approximate surface area is 183 Å². The zero-order chi connectivity index (χ0) is 18.3. The fourth-order valence-corrected chi connectivity index (χ4v) is 63.3. The first kappa shape index (κ1) is 22.0. The van der Waals surface area contributed by atoms with Crippen LogP contribution in [0.3, 0.4) is 0 Å². The summed E-state index contributed by atoms with van der Waals surface area (Å²) in [6.07, 6.45) is 32.5. The van der Waals surface area contributed by atoms with Gasteiger partial charge in [0.2, 0.25) is 0 Å². The molecule has 0 amide bonds. The molecular formula is C24H44CdP2. The predicted molar refractivity (Wildman–Crippen MR) is 121 cm³/mol. The minimum absolute atomic E-state index is 0.553. The van der Waals surface area contributed by atoms with Gasteiger partial charge in [-0.15, -0.1) is 0 Å². The van der Waals surface area contributed by atoms with Crippen molar-refractivity contribution in [3.8, 4) is 0 Å². The average Bonchev–Trinajstić information content (AvgIpc) is 2.77. The molecule has 152 valence electrons. The second-order valence-electron chi connectivity index (χ2n) is 10.3. The Morgan fingerprint density at radius 1 is 0.333 bits per heavy atom. The third-order valence-electron chi connectivity index (χ3n) is 8.50. The Morgan fingerprint density at radius 3 is 0.778 bits per heavy atom. The first-order chi connectivity index (χ1) is 13.4. The molecule has 0 saturated heterocycles. The fraction of sp³-hybridized carbons (Fsp3) is 1.00. The monoisotopic (exact) mass is 508 g/mol. The van der Waals surface area contributed by atoms with E-state index in [9.17, 15) is 0 Å². The number of rotatable bonds is 6. The van der Waals surface area contributed by atoms with Crippen LogP contribution < -0.4 is 0 Å². The van der Waals surface area contributed by atoms with Gasteiger partial charge in [0.25, 0.3) is 0 Å². The molecule has 4 aliphatic carbocycles. The molecule has 0 aliphatic heterocycles. The van der Waals surface area contributed by atoms with Crippen molar-refractivity contribution in [2.24, 2.45) is 0 Å². The van der Waals surface area contributed by atoms with E-state index >= 15 is 0 Å². The molecule has 0 spiro atoms. The van der Waals surface area contributed by atoms with Crippen LogP contribution in [0.2, 0.25) is 0 Å². The summed E-state index contributed by atoms with van der Waals surface area (Å²) < 4.78 is 0. The summed E-state index contributed by atoms with van der Waals surface area (Å²) in [6, 6.07) is 0. The van der Waals surface area contributed by atoms with E-state index in [1.165, 1.54) is 22.6 Å². The second kappa shape index (κ2) is 12.0. The van der Waals surface area contributed by atoms with Gasteiger partial charge in [0.1, 0.15) is 0 Å². The van der Waals surface area contributed by atoms with Crippen molar-refractivity contribution in [3.63, 3.8) is 0 Å². The van der Waals surface area contributed by atoms with E-state index in [0.29, 0.717) is 10.1 Å². The summed E-state index contributed by atoms with van der Waals surface area (Å²) in [4.78, 5) is 0. The zero-order valence-electron chi connectivity index (χ0n) is 18.1. The molecule has 0 radical (unpaired) electrons. The molecule has 0 unspecified atom stereocenters. The van der Waals surface area contributed by atoms with Crippen LogP contribution in [0.1, 0.15) is 128 Å². The van der Waals surface area contributed by atoms with Crippen molar-refractivity contribution < 1.29 is 23.0 Å². The summed E-state index contributed by atoms with van der Waals surface area (Å²) >= 11 is -0.628. The van der Waals surface area contributed by atoms with Crippen LogP contribution in [-0.4, -0.2) is 22.6 Å². The van der Waals surface area contributed by atoms with Gasteiger partial charge < -0.3 is 0 Å². The van der Waals surface area contributed by atoms with Gasteiger partial charge in [-0.1, -0.05) is 0 Å². The second-order valence-corrected chi connectivity index (χ2v) is 36.2.